The van der Waals surface area contributed by atoms with E-state index in [1.165, 1.54) is 12.1 Å². The Kier molecular flexibility index (Phi) is 3.72. The molecule has 1 amide bonds. The van der Waals surface area contributed by atoms with Crippen LogP contribution in [-0.4, -0.2) is 34.6 Å². The summed E-state index contributed by atoms with van der Waals surface area (Å²) in [6.45, 7) is 0.292. The third-order valence-corrected chi connectivity index (χ3v) is 4.24. The smallest absolute Gasteiger partial charge is 0.238 e. The van der Waals surface area contributed by atoms with Crippen LogP contribution in [0.25, 0.3) is 0 Å². The van der Waals surface area contributed by atoms with E-state index in [1.54, 1.807) is 6.07 Å². The molecule has 0 radical (unpaired) electrons. The van der Waals surface area contributed by atoms with E-state index in [1.807, 2.05) is 11.0 Å². The van der Waals surface area contributed by atoms with Gasteiger partial charge in [-0.05, 0) is 43.4 Å². The van der Waals surface area contributed by atoms with E-state index in [0.29, 0.717) is 6.54 Å². The zero-order chi connectivity index (χ0) is 14.1. The topological polar surface area (TPSA) is 52.6 Å². The van der Waals surface area contributed by atoms with Crippen LogP contribution in [0.1, 0.15) is 37.4 Å². The van der Waals surface area contributed by atoms with Crippen LogP contribution >= 0.6 is 0 Å². The van der Waals surface area contributed by atoms with Gasteiger partial charge in [-0.3, -0.25) is 10.1 Å². The Morgan fingerprint density at radius 3 is 2.70 bits per heavy atom. The van der Waals surface area contributed by atoms with Crippen molar-refractivity contribution in [1.29, 1.82) is 0 Å². The highest BCUT2D eigenvalue weighted by Crippen LogP contribution is 2.31. The molecule has 1 saturated carbocycles. The molecule has 0 aromatic heterocycles. The van der Waals surface area contributed by atoms with Gasteiger partial charge in [-0.1, -0.05) is 12.1 Å². The lowest BCUT2D eigenvalue weighted by Crippen LogP contribution is -2.42. The Bertz CT molecular complexity index is 500. The van der Waals surface area contributed by atoms with Gasteiger partial charge in [-0.25, -0.2) is 4.39 Å². The molecule has 1 aliphatic carbocycles. The highest BCUT2D eigenvalue weighted by Gasteiger charge is 2.38. The van der Waals surface area contributed by atoms with Crippen molar-refractivity contribution >= 4 is 5.91 Å². The maximum atomic E-state index is 13.4. The molecular formula is C15H19FN2O2. The second-order valence-corrected chi connectivity index (χ2v) is 5.60. The Labute approximate surface area is 117 Å². The first-order valence-electron chi connectivity index (χ1n) is 7.13. The Morgan fingerprint density at radius 1 is 1.25 bits per heavy atom. The highest BCUT2D eigenvalue weighted by atomic mass is 19.1. The minimum absolute atomic E-state index is 0.0562. The number of halogens is 1. The van der Waals surface area contributed by atoms with Gasteiger partial charge >= 0.3 is 0 Å². The standard InChI is InChI=1S/C15H19FN2O2/c16-11-3-1-2-10(8-11)15-17-9-14(20)18(15)12-4-6-13(19)7-5-12/h1-3,8,12-13,15,17,19H,4-7,9H2. The van der Waals surface area contributed by atoms with Gasteiger partial charge in [-0.2, -0.15) is 0 Å². The fourth-order valence-electron chi connectivity index (χ4n) is 3.22. The van der Waals surface area contributed by atoms with E-state index < -0.39 is 0 Å². The van der Waals surface area contributed by atoms with E-state index >= 15 is 0 Å². The molecule has 2 fully saturated rings. The average Bonchev–Trinajstić information content (AvgIpc) is 2.82. The maximum absolute atomic E-state index is 13.4. The van der Waals surface area contributed by atoms with Crippen molar-refractivity contribution in [3.8, 4) is 0 Å². The summed E-state index contributed by atoms with van der Waals surface area (Å²) >= 11 is 0. The van der Waals surface area contributed by atoms with Crippen LogP contribution < -0.4 is 5.32 Å². The van der Waals surface area contributed by atoms with Gasteiger partial charge in [0.05, 0.1) is 12.6 Å². The summed E-state index contributed by atoms with van der Waals surface area (Å²) in [4.78, 5) is 14.0. The first-order chi connectivity index (χ1) is 9.65. The van der Waals surface area contributed by atoms with E-state index in [4.69, 9.17) is 0 Å². The van der Waals surface area contributed by atoms with Crippen molar-refractivity contribution in [3.05, 3.63) is 35.6 Å². The predicted octanol–water partition coefficient (Wildman–Crippen LogP) is 1.56. The number of benzene rings is 1. The molecule has 1 aromatic carbocycles. The number of aliphatic hydroxyl groups excluding tert-OH is 1. The van der Waals surface area contributed by atoms with Gasteiger partial charge in [0.2, 0.25) is 5.91 Å². The predicted molar refractivity (Wildman–Crippen MR) is 72.3 cm³/mol. The number of nitrogens with one attached hydrogen (secondary N) is 1. The number of carbonyl (C=O) groups is 1. The SMILES string of the molecule is O=C1CNC(c2cccc(F)c2)N1C1CCC(O)CC1. The summed E-state index contributed by atoms with van der Waals surface area (Å²) in [7, 11) is 0. The molecule has 108 valence electrons. The molecule has 3 rings (SSSR count). The van der Waals surface area contributed by atoms with Crippen molar-refractivity contribution in [2.45, 2.75) is 44.0 Å². The second-order valence-electron chi connectivity index (χ2n) is 5.60. The van der Waals surface area contributed by atoms with E-state index in [9.17, 15) is 14.3 Å². The Hall–Kier alpha value is -1.46. The highest BCUT2D eigenvalue weighted by molar-refractivity contribution is 5.81. The minimum atomic E-state index is -0.289. The third-order valence-electron chi connectivity index (χ3n) is 4.24. The largest absolute Gasteiger partial charge is 0.393 e. The molecule has 1 aliphatic heterocycles. The van der Waals surface area contributed by atoms with Crippen LogP contribution in [0.3, 0.4) is 0 Å². The van der Waals surface area contributed by atoms with Gasteiger partial charge < -0.3 is 10.0 Å². The number of rotatable bonds is 2. The van der Waals surface area contributed by atoms with Crippen LogP contribution in [-0.2, 0) is 4.79 Å². The van der Waals surface area contributed by atoms with Gasteiger partial charge in [0.1, 0.15) is 12.0 Å². The van der Waals surface area contributed by atoms with Crippen molar-refractivity contribution in [2.24, 2.45) is 0 Å². The molecule has 1 atom stereocenters. The molecule has 2 N–H and O–H groups in total. The fourth-order valence-corrected chi connectivity index (χ4v) is 3.22. The van der Waals surface area contributed by atoms with Crippen LogP contribution in [0.15, 0.2) is 24.3 Å². The van der Waals surface area contributed by atoms with Crippen molar-refractivity contribution in [1.82, 2.24) is 10.2 Å². The maximum Gasteiger partial charge on any atom is 0.238 e. The number of nitrogens with zero attached hydrogens (tertiary/aromatic N) is 1. The molecule has 1 aromatic rings. The zero-order valence-electron chi connectivity index (χ0n) is 11.3. The molecule has 0 bridgehead atoms. The van der Waals surface area contributed by atoms with Crippen molar-refractivity contribution in [2.75, 3.05) is 6.54 Å². The Morgan fingerprint density at radius 2 is 2.00 bits per heavy atom. The molecule has 0 spiro atoms. The van der Waals surface area contributed by atoms with Gasteiger partial charge in [-0.15, -0.1) is 0 Å². The summed E-state index contributed by atoms with van der Waals surface area (Å²) < 4.78 is 13.4. The molecule has 4 nitrogen and oxygen atoms in total. The van der Waals surface area contributed by atoms with E-state index in [2.05, 4.69) is 5.32 Å². The molecule has 2 aliphatic rings. The van der Waals surface area contributed by atoms with E-state index in [-0.39, 0.29) is 30.0 Å². The normalized spacial score (nSPS) is 30.8. The lowest BCUT2D eigenvalue weighted by atomic mass is 9.91. The lowest BCUT2D eigenvalue weighted by Gasteiger charge is -2.36. The quantitative estimate of drug-likeness (QED) is 0.863. The number of amides is 1. The molecular weight excluding hydrogens is 259 g/mol. The fraction of sp³-hybridized carbons (Fsp3) is 0.533. The molecule has 5 heteroatoms. The summed E-state index contributed by atoms with van der Waals surface area (Å²) in [6.07, 6.45) is 2.57. The van der Waals surface area contributed by atoms with Gasteiger partial charge in [0, 0.05) is 6.04 Å². The number of carbonyl (C=O) groups excluding carboxylic acids is 1. The summed E-state index contributed by atoms with van der Waals surface area (Å²) in [5, 5.41) is 12.7. The van der Waals surface area contributed by atoms with Crippen molar-refractivity contribution in [3.63, 3.8) is 0 Å². The first kappa shape index (κ1) is 13.5. The molecule has 1 heterocycles. The van der Waals surface area contributed by atoms with Gasteiger partial charge in [0.25, 0.3) is 0 Å². The minimum Gasteiger partial charge on any atom is -0.393 e. The number of hydrogen-bond donors (Lipinski definition) is 2. The van der Waals surface area contributed by atoms with Crippen LogP contribution in [0.4, 0.5) is 4.39 Å². The molecule has 1 unspecified atom stereocenters. The third kappa shape index (κ3) is 2.55. The lowest BCUT2D eigenvalue weighted by molar-refractivity contribution is -0.131. The van der Waals surface area contributed by atoms with E-state index in [0.717, 1.165) is 31.2 Å². The Balaban J connectivity index is 1.81. The van der Waals surface area contributed by atoms with Crippen LogP contribution in [0.2, 0.25) is 0 Å². The molecule has 1 saturated heterocycles. The van der Waals surface area contributed by atoms with Crippen LogP contribution in [0, 0.1) is 5.82 Å². The summed E-state index contributed by atoms with van der Waals surface area (Å²) in [5.41, 5.74) is 0.780. The summed E-state index contributed by atoms with van der Waals surface area (Å²) in [5.74, 6) is -0.233. The van der Waals surface area contributed by atoms with Crippen LogP contribution in [0.5, 0.6) is 0 Å². The summed E-state index contributed by atoms with van der Waals surface area (Å²) in [6, 6.07) is 6.51. The molecule has 20 heavy (non-hydrogen) atoms. The number of aliphatic hydroxyl groups is 1. The monoisotopic (exact) mass is 278 g/mol. The first-order valence-corrected chi connectivity index (χ1v) is 7.13. The second kappa shape index (κ2) is 5.50. The van der Waals surface area contributed by atoms with Crippen molar-refractivity contribution < 1.29 is 14.3 Å². The number of hydrogen-bond acceptors (Lipinski definition) is 3. The zero-order valence-corrected chi connectivity index (χ0v) is 11.3. The van der Waals surface area contributed by atoms with Gasteiger partial charge in [0.15, 0.2) is 0 Å². The average molecular weight is 278 g/mol.